The Morgan fingerprint density at radius 2 is 0.893 bits per heavy atom. The first-order valence-electron chi connectivity index (χ1n) is 10.9. The molecule has 0 radical (unpaired) electrons. The molecule has 4 aromatic rings. The van der Waals surface area contributed by atoms with Gasteiger partial charge in [-0.1, -0.05) is 72.8 Å². The number of hydrogen-bond donors (Lipinski definition) is 0. The summed E-state index contributed by atoms with van der Waals surface area (Å²) in [5.41, 5.74) is 6.21. The van der Waals surface area contributed by atoms with Gasteiger partial charge in [0.2, 0.25) is 0 Å². The highest BCUT2D eigenvalue weighted by Gasteiger charge is 2.35. The van der Waals surface area contributed by atoms with Gasteiger partial charge in [0.15, 0.2) is 0 Å². The van der Waals surface area contributed by atoms with E-state index >= 15 is 0 Å². The molecule has 1 fully saturated rings. The molecule has 0 N–H and O–H groups in total. The summed E-state index contributed by atoms with van der Waals surface area (Å²) < 4.78 is 0. The van der Waals surface area contributed by atoms with Gasteiger partial charge in [-0.2, -0.15) is 0 Å². The van der Waals surface area contributed by atoms with Crippen LogP contribution in [0.4, 0.5) is 0 Å². The minimum absolute atomic E-state index is 0.649. The Balaban J connectivity index is 1.59. The van der Waals surface area contributed by atoms with Gasteiger partial charge in [0.1, 0.15) is 0 Å². The van der Waals surface area contributed by atoms with Crippen molar-refractivity contribution >= 4 is 21.5 Å². The first kappa shape index (κ1) is 16.4. The normalized spacial score (nSPS) is 21.4. The van der Waals surface area contributed by atoms with E-state index in [1.165, 1.54) is 71.2 Å². The molecule has 138 valence electrons. The van der Waals surface area contributed by atoms with Gasteiger partial charge in [-0.15, -0.1) is 0 Å². The second-order valence-electron chi connectivity index (χ2n) is 8.72. The van der Waals surface area contributed by atoms with E-state index in [1.54, 1.807) is 11.1 Å². The molecule has 2 unspecified atom stereocenters. The van der Waals surface area contributed by atoms with E-state index in [9.17, 15) is 0 Å². The van der Waals surface area contributed by atoms with E-state index in [1.807, 2.05) is 0 Å². The minimum Gasteiger partial charge on any atom is -0.0616 e. The topological polar surface area (TPSA) is 0 Å². The van der Waals surface area contributed by atoms with Crippen molar-refractivity contribution in [2.45, 2.75) is 50.4 Å². The standard InChI is InChI=1S/C28H26/c1-2-8-20-14-16-26(24-12-6-4-10-22(20)24)28-18-17-27(28)25-15-13-19(7-1)21-9-3-5-11-23(21)25/h3-6,9-16,27-28H,1-2,7-8,17-18H2. The van der Waals surface area contributed by atoms with Crippen LogP contribution in [-0.4, -0.2) is 0 Å². The van der Waals surface area contributed by atoms with E-state index in [-0.39, 0.29) is 0 Å². The molecule has 0 heteroatoms. The average Bonchev–Trinajstić information content (AvgIpc) is 2.72. The lowest BCUT2D eigenvalue weighted by molar-refractivity contribution is 0.350. The SMILES string of the molecule is c1ccc2c3ccc(c2c1)CCCCc1ccc(c2ccccc12)C1CCC31. The number of benzene rings is 4. The summed E-state index contributed by atoms with van der Waals surface area (Å²) in [4.78, 5) is 0. The predicted octanol–water partition coefficient (Wildman–Crippen LogP) is 7.53. The van der Waals surface area contributed by atoms with E-state index in [4.69, 9.17) is 0 Å². The number of fused-ring (bicyclic) bond motifs is 5. The molecule has 28 heavy (non-hydrogen) atoms. The summed E-state index contributed by atoms with van der Waals surface area (Å²) in [7, 11) is 0. The van der Waals surface area contributed by atoms with Crippen molar-refractivity contribution in [1.82, 2.24) is 0 Å². The fourth-order valence-electron chi connectivity index (χ4n) is 5.73. The number of aryl methyl sites for hydroxylation is 2. The molecule has 2 atom stereocenters. The second kappa shape index (κ2) is 6.48. The third-order valence-electron chi connectivity index (χ3n) is 7.31. The maximum Gasteiger partial charge on any atom is -0.00865 e. The van der Waals surface area contributed by atoms with Crippen LogP contribution >= 0.6 is 0 Å². The molecule has 7 rings (SSSR count). The van der Waals surface area contributed by atoms with Crippen LogP contribution in [0.5, 0.6) is 0 Å². The predicted molar refractivity (Wildman–Crippen MR) is 119 cm³/mol. The van der Waals surface area contributed by atoms with Crippen LogP contribution in [0, 0.1) is 0 Å². The Kier molecular flexibility index (Phi) is 3.79. The van der Waals surface area contributed by atoms with Gasteiger partial charge in [-0.25, -0.2) is 0 Å². The Morgan fingerprint density at radius 1 is 0.464 bits per heavy atom. The Bertz CT molecular complexity index is 1090. The van der Waals surface area contributed by atoms with Crippen molar-refractivity contribution in [3.63, 3.8) is 0 Å². The molecular weight excluding hydrogens is 336 g/mol. The van der Waals surface area contributed by atoms with Crippen LogP contribution in [0.15, 0.2) is 72.8 Å². The summed E-state index contributed by atoms with van der Waals surface area (Å²) in [5, 5.41) is 5.96. The zero-order valence-electron chi connectivity index (χ0n) is 16.3. The monoisotopic (exact) mass is 362 g/mol. The molecule has 3 aliphatic carbocycles. The molecule has 0 nitrogen and oxygen atoms in total. The molecule has 4 bridgehead atoms. The second-order valence-corrected chi connectivity index (χ2v) is 8.72. The van der Waals surface area contributed by atoms with Crippen molar-refractivity contribution in [1.29, 1.82) is 0 Å². The Labute approximate surface area is 167 Å². The molecule has 0 amide bonds. The first-order chi connectivity index (χ1) is 13.9. The summed E-state index contributed by atoms with van der Waals surface area (Å²) >= 11 is 0. The average molecular weight is 363 g/mol. The molecule has 0 saturated heterocycles. The van der Waals surface area contributed by atoms with E-state index in [2.05, 4.69) is 72.8 Å². The third-order valence-corrected chi connectivity index (χ3v) is 7.31. The van der Waals surface area contributed by atoms with Gasteiger partial charge in [0.25, 0.3) is 0 Å². The van der Waals surface area contributed by atoms with Crippen LogP contribution in [0.2, 0.25) is 0 Å². The molecule has 0 spiro atoms. The largest absolute Gasteiger partial charge is 0.0616 e. The lowest BCUT2D eigenvalue weighted by Crippen LogP contribution is -2.22. The van der Waals surface area contributed by atoms with Crippen LogP contribution in [0.3, 0.4) is 0 Å². The maximum atomic E-state index is 2.46. The summed E-state index contributed by atoms with van der Waals surface area (Å²) in [6, 6.07) is 28.0. The van der Waals surface area contributed by atoms with Crippen molar-refractivity contribution < 1.29 is 0 Å². The summed E-state index contributed by atoms with van der Waals surface area (Å²) in [6.45, 7) is 0. The lowest BCUT2D eigenvalue weighted by atomic mass is 9.65. The molecular formula is C28H26. The minimum atomic E-state index is 0.649. The molecule has 0 aliphatic heterocycles. The molecule has 1 saturated carbocycles. The third kappa shape index (κ3) is 2.44. The van der Waals surface area contributed by atoms with Crippen molar-refractivity contribution in [2.75, 3.05) is 0 Å². The van der Waals surface area contributed by atoms with Gasteiger partial charge in [0.05, 0.1) is 0 Å². The van der Waals surface area contributed by atoms with E-state index < -0.39 is 0 Å². The number of rotatable bonds is 0. The Hall–Kier alpha value is -2.60. The zero-order valence-corrected chi connectivity index (χ0v) is 16.3. The van der Waals surface area contributed by atoms with E-state index in [0.29, 0.717) is 11.8 Å². The molecule has 3 aliphatic rings. The van der Waals surface area contributed by atoms with Crippen molar-refractivity contribution in [2.24, 2.45) is 0 Å². The lowest BCUT2D eigenvalue weighted by Gasteiger charge is -2.39. The highest BCUT2D eigenvalue weighted by atomic mass is 14.4. The number of hydrogen-bond acceptors (Lipinski definition) is 0. The van der Waals surface area contributed by atoms with Gasteiger partial charge < -0.3 is 0 Å². The summed E-state index contributed by atoms with van der Waals surface area (Å²) in [5.74, 6) is 1.30. The smallest absolute Gasteiger partial charge is 0.00865 e. The highest BCUT2D eigenvalue weighted by molar-refractivity contribution is 5.91. The fourth-order valence-corrected chi connectivity index (χ4v) is 5.73. The Morgan fingerprint density at radius 3 is 1.32 bits per heavy atom. The van der Waals surface area contributed by atoms with Crippen molar-refractivity contribution in [3.05, 3.63) is 95.1 Å². The molecule has 0 aromatic heterocycles. The van der Waals surface area contributed by atoms with Gasteiger partial charge in [-0.3, -0.25) is 0 Å². The van der Waals surface area contributed by atoms with Crippen LogP contribution in [-0.2, 0) is 12.8 Å². The van der Waals surface area contributed by atoms with Crippen LogP contribution in [0.25, 0.3) is 21.5 Å². The maximum absolute atomic E-state index is 2.46. The zero-order chi connectivity index (χ0) is 18.5. The van der Waals surface area contributed by atoms with Crippen LogP contribution in [0.1, 0.15) is 59.8 Å². The molecule has 0 heterocycles. The first-order valence-corrected chi connectivity index (χ1v) is 10.9. The van der Waals surface area contributed by atoms with Crippen molar-refractivity contribution in [3.8, 4) is 0 Å². The van der Waals surface area contributed by atoms with Gasteiger partial charge >= 0.3 is 0 Å². The fraction of sp³-hybridized carbons (Fsp3) is 0.286. The highest BCUT2D eigenvalue weighted by Crippen LogP contribution is 2.52. The quantitative estimate of drug-likeness (QED) is 0.303. The van der Waals surface area contributed by atoms with E-state index in [0.717, 1.165) is 0 Å². The molecule has 4 aromatic carbocycles. The van der Waals surface area contributed by atoms with Crippen LogP contribution < -0.4 is 0 Å². The van der Waals surface area contributed by atoms with Gasteiger partial charge in [-0.05, 0) is 94.2 Å². The van der Waals surface area contributed by atoms with Gasteiger partial charge in [0, 0.05) is 0 Å². The summed E-state index contributed by atoms with van der Waals surface area (Å²) in [6.07, 6.45) is 7.50.